The molecule has 1 aromatic carbocycles. The zero-order valence-corrected chi connectivity index (χ0v) is 13.3. The van der Waals surface area contributed by atoms with Gasteiger partial charge in [-0.05, 0) is 43.3 Å². The van der Waals surface area contributed by atoms with Crippen LogP contribution in [0.15, 0.2) is 66.9 Å². The molecule has 0 spiro atoms. The number of nitrogens with one attached hydrogen (secondary N) is 3. The number of pyridine rings is 1. The molecular weight excluding hydrogens is 302 g/mol. The van der Waals surface area contributed by atoms with Crippen LogP contribution in [0, 0.1) is 5.41 Å². The van der Waals surface area contributed by atoms with Crippen molar-refractivity contribution in [1.82, 2.24) is 4.98 Å². The van der Waals surface area contributed by atoms with Crippen molar-refractivity contribution in [1.29, 1.82) is 5.41 Å². The minimum absolute atomic E-state index is 0.159. The third-order valence-corrected chi connectivity index (χ3v) is 3.00. The van der Waals surface area contributed by atoms with E-state index >= 15 is 0 Å². The van der Waals surface area contributed by atoms with Crippen LogP contribution in [0.2, 0.25) is 0 Å². The van der Waals surface area contributed by atoms with Gasteiger partial charge in [0.2, 0.25) is 5.91 Å². The Morgan fingerprint density at radius 2 is 2.00 bits per heavy atom. The predicted molar refractivity (Wildman–Crippen MR) is 97.8 cm³/mol. The molecule has 6 nitrogen and oxygen atoms in total. The maximum absolute atomic E-state index is 11.4. The number of carbonyl (C=O) groups is 1. The van der Waals surface area contributed by atoms with Crippen molar-refractivity contribution in [2.75, 3.05) is 10.6 Å². The number of carbonyl (C=O) groups excluding carboxylic acids is 1. The highest BCUT2D eigenvalue weighted by molar-refractivity contribution is 6.01. The number of allylic oxidation sites excluding steroid dienone is 1. The second kappa shape index (κ2) is 7.73. The number of hydrogen-bond donors (Lipinski definition) is 4. The van der Waals surface area contributed by atoms with Gasteiger partial charge in [-0.15, -0.1) is 0 Å². The number of benzene rings is 1. The van der Waals surface area contributed by atoms with Crippen molar-refractivity contribution in [2.24, 2.45) is 5.73 Å². The van der Waals surface area contributed by atoms with E-state index in [9.17, 15) is 4.79 Å². The van der Waals surface area contributed by atoms with Crippen LogP contribution in [0.1, 0.15) is 6.92 Å². The first-order valence-electron chi connectivity index (χ1n) is 7.28. The Labute approximate surface area is 140 Å². The molecule has 0 atom stereocenters. The zero-order valence-electron chi connectivity index (χ0n) is 13.3. The lowest BCUT2D eigenvalue weighted by molar-refractivity contribution is -0.111. The van der Waals surface area contributed by atoms with E-state index in [2.05, 4.69) is 22.2 Å². The van der Waals surface area contributed by atoms with Gasteiger partial charge in [-0.25, -0.2) is 4.98 Å². The van der Waals surface area contributed by atoms with E-state index in [0.717, 1.165) is 11.3 Å². The first-order valence-corrected chi connectivity index (χ1v) is 7.28. The lowest BCUT2D eigenvalue weighted by Gasteiger charge is -2.08. The fourth-order valence-corrected chi connectivity index (χ4v) is 2.02. The molecule has 5 N–H and O–H groups in total. The largest absolute Gasteiger partial charge is 0.402 e. The Morgan fingerprint density at radius 3 is 2.71 bits per heavy atom. The Bertz CT molecular complexity index is 807. The summed E-state index contributed by atoms with van der Waals surface area (Å²) < 4.78 is 0. The maximum atomic E-state index is 11.4. The minimum Gasteiger partial charge on any atom is -0.402 e. The highest BCUT2D eigenvalue weighted by atomic mass is 16.1. The van der Waals surface area contributed by atoms with E-state index in [1.54, 1.807) is 19.1 Å². The maximum Gasteiger partial charge on any atom is 0.247 e. The third kappa shape index (κ3) is 4.81. The van der Waals surface area contributed by atoms with Crippen LogP contribution in [0.3, 0.4) is 0 Å². The second-order valence-corrected chi connectivity index (χ2v) is 5.11. The van der Waals surface area contributed by atoms with Crippen LogP contribution in [0.4, 0.5) is 11.5 Å². The Balaban J connectivity index is 2.23. The average Bonchev–Trinajstić information content (AvgIpc) is 2.54. The molecule has 0 aliphatic rings. The van der Waals surface area contributed by atoms with Gasteiger partial charge in [-0.1, -0.05) is 24.8 Å². The Kier molecular flexibility index (Phi) is 5.46. The number of aromatic nitrogens is 1. The fourth-order valence-electron chi connectivity index (χ4n) is 2.02. The van der Waals surface area contributed by atoms with Crippen molar-refractivity contribution >= 4 is 23.2 Å². The second-order valence-electron chi connectivity index (χ2n) is 5.11. The van der Waals surface area contributed by atoms with Gasteiger partial charge in [0, 0.05) is 16.9 Å². The Morgan fingerprint density at radius 1 is 1.25 bits per heavy atom. The van der Waals surface area contributed by atoms with Gasteiger partial charge in [-0.3, -0.25) is 10.2 Å². The summed E-state index contributed by atoms with van der Waals surface area (Å²) in [7, 11) is 0. The zero-order chi connectivity index (χ0) is 17.5. The molecule has 2 aromatic rings. The molecule has 0 unspecified atom stereocenters. The predicted octanol–water partition coefficient (Wildman–Crippen LogP) is 3.12. The van der Waals surface area contributed by atoms with Crippen molar-refractivity contribution in [3.8, 4) is 11.3 Å². The number of amidine groups is 1. The third-order valence-electron chi connectivity index (χ3n) is 3.00. The van der Waals surface area contributed by atoms with E-state index in [0.29, 0.717) is 17.2 Å². The summed E-state index contributed by atoms with van der Waals surface area (Å²) >= 11 is 0. The molecule has 122 valence electrons. The molecule has 1 aromatic heterocycles. The average molecular weight is 321 g/mol. The first-order chi connectivity index (χ1) is 11.5. The minimum atomic E-state index is -0.270. The number of amides is 1. The van der Waals surface area contributed by atoms with Gasteiger partial charge < -0.3 is 16.4 Å². The van der Waals surface area contributed by atoms with Crippen LogP contribution in [0.25, 0.3) is 11.3 Å². The summed E-state index contributed by atoms with van der Waals surface area (Å²) in [6.07, 6.45) is 2.73. The lowest BCUT2D eigenvalue weighted by Crippen LogP contribution is -2.11. The molecule has 0 aliphatic heterocycles. The lowest BCUT2D eigenvalue weighted by atomic mass is 10.1. The summed E-state index contributed by atoms with van der Waals surface area (Å²) in [6.45, 7) is 5.14. The molecule has 1 heterocycles. The van der Waals surface area contributed by atoms with Gasteiger partial charge >= 0.3 is 0 Å². The highest BCUT2D eigenvalue weighted by Gasteiger charge is 2.04. The summed E-state index contributed by atoms with van der Waals surface area (Å²) in [5, 5.41) is 13.4. The smallest absolute Gasteiger partial charge is 0.247 e. The topological polar surface area (TPSA) is 104 Å². The summed E-state index contributed by atoms with van der Waals surface area (Å²) in [6, 6.07) is 12.8. The van der Waals surface area contributed by atoms with Crippen molar-refractivity contribution < 1.29 is 4.79 Å². The summed E-state index contributed by atoms with van der Waals surface area (Å²) in [5.74, 6) is 0.426. The monoisotopic (exact) mass is 321 g/mol. The normalized spacial score (nSPS) is 10.8. The molecule has 0 saturated heterocycles. The number of hydrogen-bond acceptors (Lipinski definition) is 4. The van der Waals surface area contributed by atoms with E-state index in [-0.39, 0.29) is 11.7 Å². The van der Waals surface area contributed by atoms with Gasteiger partial charge in [0.1, 0.15) is 11.7 Å². The fraction of sp³-hybridized carbons (Fsp3) is 0.0556. The van der Waals surface area contributed by atoms with Crippen LogP contribution in [-0.4, -0.2) is 16.7 Å². The van der Waals surface area contributed by atoms with E-state index < -0.39 is 0 Å². The molecule has 1 amide bonds. The first kappa shape index (κ1) is 17.0. The number of nitrogens with two attached hydrogens (primary N) is 1. The number of rotatable bonds is 5. The molecule has 24 heavy (non-hydrogen) atoms. The van der Waals surface area contributed by atoms with Crippen LogP contribution in [-0.2, 0) is 4.79 Å². The van der Waals surface area contributed by atoms with Crippen LogP contribution < -0.4 is 16.4 Å². The molecular formula is C18H19N5O. The highest BCUT2D eigenvalue weighted by Crippen LogP contribution is 2.22. The van der Waals surface area contributed by atoms with E-state index in [4.69, 9.17) is 11.1 Å². The molecule has 0 aliphatic carbocycles. The van der Waals surface area contributed by atoms with E-state index in [1.807, 2.05) is 30.3 Å². The summed E-state index contributed by atoms with van der Waals surface area (Å²) in [5.41, 5.74) is 8.31. The quantitative estimate of drug-likeness (QED) is 0.386. The SMILES string of the molecule is C=CC(=O)Nc1cccc(-c2cccc(NC(=N)/C=C(/C)N)n2)c1. The number of nitrogens with zero attached hydrogens (tertiary/aromatic N) is 1. The van der Waals surface area contributed by atoms with Gasteiger partial charge in [-0.2, -0.15) is 0 Å². The molecule has 0 bridgehead atoms. The van der Waals surface area contributed by atoms with E-state index in [1.165, 1.54) is 12.2 Å². The van der Waals surface area contributed by atoms with Gasteiger partial charge in [0.25, 0.3) is 0 Å². The van der Waals surface area contributed by atoms with Gasteiger partial charge in [0.15, 0.2) is 0 Å². The van der Waals surface area contributed by atoms with Crippen molar-refractivity contribution in [3.05, 3.63) is 66.9 Å². The van der Waals surface area contributed by atoms with Crippen LogP contribution in [0.5, 0.6) is 0 Å². The van der Waals surface area contributed by atoms with Crippen molar-refractivity contribution in [2.45, 2.75) is 6.92 Å². The Hall–Kier alpha value is -3.41. The molecule has 6 heteroatoms. The molecule has 2 rings (SSSR count). The van der Waals surface area contributed by atoms with Crippen molar-refractivity contribution in [3.63, 3.8) is 0 Å². The molecule has 0 fully saturated rings. The molecule has 0 saturated carbocycles. The number of anilines is 2. The molecule has 0 radical (unpaired) electrons. The van der Waals surface area contributed by atoms with Gasteiger partial charge in [0.05, 0.1) is 5.69 Å². The summed E-state index contributed by atoms with van der Waals surface area (Å²) in [4.78, 5) is 15.9. The van der Waals surface area contributed by atoms with Crippen LogP contribution >= 0.6 is 0 Å². The standard InChI is InChI=1S/C18H19N5O/c1-3-18(24)21-14-7-4-6-13(11-14)15-8-5-9-17(22-15)23-16(20)10-12(2)19/h3-11H,1,19H2,2H3,(H,21,24)(H2,20,22,23)/b12-10-.